The van der Waals surface area contributed by atoms with Crippen LogP contribution >= 0.6 is 0 Å². The van der Waals surface area contributed by atoms with Crippen LogP contribution in [0.15, 0.2) is 34.9 Å². The Bertz CT molecular complexity index is 720. The van der Waals surface area contributed by atoms with E-state index in [0.29, 0.717) is 17.2 Å². The first kappa shape index (κ1) is 15.6. The van der Waals surface area contributed by atoms with Crippen LogP contribution in [-0.2, 0) is 6.18 Å². The molecule has 1 aliphatic carbocycles. The van der Waals surface area contributed by atoms with Crippen LogP contribution < -0.4 is 5.32 Å². The number of alkyl halides is 3. The lowest BCUT2D eigenvalue weighted by Crippen LogP contribution is -2.27. The highest BCUT2D eigenvalue weighted by Gasteiger charge is 2.31. The summed E-state index contributed by atoms with van der Waals surface area (Å²) in [5, 5.41) is 6.35. The van der Waals surface area contributed by atoms with Gasteiger partial charge < -0.3 is 9.84 Å². The van der Waals surface area contributed by atoms with Crippen LogP contribution in [-0.4, -0.2) is 11.1 Å². The molecule has 1 unspecified atom stereocenters. The molecule has 1 heterocycles. The topological polar surface area (TPSA) is 55.1 Å². The summed E-state index contributed by atoms with van der Waals surface area (Å²) >= 11 is 0. The van der Waals surface area contributed by atoms with E-state index < -0.39 is 23.7 Å². The van der Waals surface area contributed by atoms with E-state index in [1.54, 1.807) is 19.1 Å². The molecule has 1 aromatic carbocycles. The summed E-state index contributed by atoms with van der Waals surface area (Å²) in [6.07, 6.45) is -2.36. The highest BCUT2D eigenvalue weighted by Crippen LogP contribution is 2.40. The van der Waals surface area contributed by atoms with Crippen LogP contribution in [0.2, 0.25) is 0 Å². The number of hydrogen-bond acceptors (Lipinski definition) is 3. The molecule has 1 aliphatic rings. The van der Waals surface area contributed by atoms with E-state index in [1.807, 2.05) is 0 Å². The van der Waals surface area contributed by atoms with Crippen molar-refractivity contribution in [2.75, 3.05) is 0 Å². The number of amides is 1. The first-order valence-corrected chi connectivity index (χ1v) is 7.29. The fourth-order valence-corrected chi connectivity index (χ4v) is 2.29. The molecule has 0 spiro atoms. The van der Waals surface area contributed by atoms with Gasteiger partial charge in [-0.05, 0) is 37.5 Å². The zero-order chi connectivity index (χ0) is 16.6. The average molecular weight is 324 g/mol. The molecule has 23 heavy (non-hydrogen) atoms. The van der Waals surface area contributed by atoms with Crippen molar-refractivity contribution >= 4 is 5.91 Å². The van der Waals surface area contributed by atoms with E-state index in [9.17, 15) is 18.0 Å². The van der Waals surface area contributed by atoms with Gasteiger partial charge in [-0.15, -0.1) is 0 Å². The van der Waals surface area contributed by atoms with Gasteiger partial charge in [-0.1, -0.05) is 17.3 Å². The largest absolute Gasteiger partial charge is 0.416 e. The Hall–Kier alpha value is -2.31. The quantitative estimate of drug-likeness (QED) is 0.922. The molecular weight excluding hydrogens is 309 g/mol. The number of aromatic nitrogens is 1. The third-order valence-electron chi connectivity index (χ3n) is 3.80. The molecule has 0 aliphatic heterocycles. The predicted octanol–water partition coefficient (Wildman–Crippen LogP) is 4.06. The molecule has 1 N–H and O–H groups in total. The minimum atomic E-state index is -4.41. The summed E-state index contributed by atoms with van der Waals surface area (Å²) in [6, 6.07) is 5.90. The maximum Gasteiger partial charge on any atom is 0.416 e. The normalized spacial score (nSPS) is 16.2. The number of halogens is 3. The summed E-state index contributed by atoms with van der Waals surface area (Å²) in [4.78, 5) is 12.1. The monoisotopic (exact) mass is 324 g/mol. The molecule has 1 saturated carbocycles. The van der Waals surface area contributed by atoms with Crippen LogP contribution in [0.5, 0.6) is 0 Å². The summed E-state index contributed by atoms with van der Waals surface area (Å²) in [5.41, 5.74) is -0.224. The number of nitrogens with zero attached hydrogens (tertiary/aromatic N) is 1. The van der Waals surface area contributed by atoms with Crippen LogP contribution in [0, 0.1) is 0 Å². The van der Waals surface area contributed by atoms with Gasteiger partial charge in [-0.3, -0.25) is 4.79 Å². The van der Waals surface area contributed by atoms with Crippen LogP contribution in [0.4, 0.5) is 13.2 Å². The molecule has 7 heteroatoms. The molecule has 1 fully saturated rings. The van der Waals surface area contributed by atoms with Crippen molar-refractivity contribution in [3.05, 3.63) is 52.9 Å². The Morgan fingerprint density at radius 2 is 2.09 bits per heavy atom. The van der Waals surface area contributed by atoms with Crippen LogP contribution in [0.25, 0.3) is 0 Å². The van der Waals surface area contributed by atoms with Crippen molar-refractivity contribution in [3.63, 3.8) is 0 Å². The smallest absolute Gasteiger partial charge is 0.360 e. The van der Waals surface area contributed by atoms with Gasteiger partial charge in [-0.2, -0.15) is 13.2 Å². The van der Waals surface area contributed by atoms with Gasteiger partial charge in [0, 0.05) is 12.0 Å². The van der Waals surface area contributed by atoms with Crippen molar-refractivity contribution < 1.29 is 22.5 Å². The SMILES string of the molecule is CC(NC(=O)c1cc(C2CC2)on1)c1cccc(C(F)(F)F)c1. The Morgan fingerprint density at radius 1 is 1.35 bits per heavy atom. The number of rotatable bonds is 4. The van der Waals surface area contributed by atoms with Crippen molar-refractivity contribution in [1.29, 1.82) is 0 Å². The summed E-state index contributed by atoms with van der Waals surface area (Å²) in [6.45, 7) is 1.62. The standard InChI is InChI=1S/C16H15F3N2O2/c1-9(11-3-2-4-12(7-11)16(17,18)19)20-15(22)13-8-14(23-21-13)10-5-6-10/h2-4,7-10H,5-6H2,1H3,(H,20,22). The first-order chi connectivity index (χ1) is 10.8. The van der Waals surface area contributed by atoms with E-state index >= 15 is 0 Å². The minimum Gasteiger partial charge on any atom is -0.360 e. The molecule has 2 aromatic rings. The zero-order valence-corrected chi connectivity index (χ0v) is 12.4. The zero-order valence-electron chi connectivity index (χ0n) is 12.4. The maximum atomic E-state index is 12.7. The van der Waals surface area contributed by atoms with E-state index in [0.717, 1.165) is 25.0 Å². The fraction of sp³-hybridized carbons (Fsp3) is 0.375. The molecule has 4 nitrogen and oxygen atoms in total. The first-order valence-electron chi connectivity index (χ1n) is 7.29. The van der Waals surface area contributed by atoms with Crippen LogP contribution in [0.3, 0.4) is 0 Å². The van der Waals surface area contributed by atoms with Gasteiger partial charge >= 0.3 is 6.18 Å². The average Bonchev–Trinajstić information content (AvgIpc) is 3.23. The number of carbonyl (C=O) groups is 1. The highest BCUT2D eigenvalue weighted by molar-refractivity contribution is 5.92. The molecule has 0 radical (unpaired) electrons. The van der Waals surface area contributed by atoms with E-state index in [4.69, 9.17) is 4.52 Å². The molecule has 0 bridgehead atoms. The summed E-state index contributed by atoms with van der Waals surface area (Å²) < 4.78 is 43.3. The Balaban J connectivity index is 1.70. The van der Waals surface area contributed by atoms with E-state index in [-0.39, 0.29) is 5.69 Å². The number of carbonyl (C=O) groups excluding carboxylic acids is 1. The van der Waals surface area contributed by atoms with Crippen LogP contribution in [0.1, 0.15) is 59.1 Å². The lowest BCUT2D eigenvalue weighted by atomic mass is 10.0. The second kappa shape index (κ2) is 5.72. The van der Waals surface area contributed by atoms with Gasteiger partial charge in [-0.25, -0.2) is 0 Å². The molecule has 1 amide bonds. The van der Waals surface area contributed by atoms with E-state index in [1.165, 1.54) is 6.07 Å². The number of benzene rings is 1. The number of nitrogens with one attached hydrogen (secondary N) is 1. The van der Waals surface area contributed by atoms with Crippen molar-refractivity contribution in [1.82, 2.24) is 10.5 Å². The Morgan fingerprint density at radius 3 is 2.74 bits per heavy atom. The second-order valence-electron chi connectivity index (χ2n) is 5.71. The van der Waals surface area contributed by atoms with Crippen molar-refractivity contribution in [2.45, 2.75) is 37.9 Å². The summed E-state index contributed by atoms with van der Waals surface area (Å²) in [5.74, 6) is 0.553. The third kappa shape index (κ3) is 3.55. The third-order valence-corrected chi connectivity index (χ3v) is 3.80. The van der Waals surface area contributed by atoms with Gasteiger partial charge in [0.25, 0.3) is 5.91 Å². The maximum absolute atomic E-state index is 12.7. The lowest BCUT2D eigenvalue weighted by molar-refractivity contribution is -0.137. The Kier molecular flexibility index (Phi) is 3.87. The molecule has 0 saturated heterocycles. The lowest BCUT2D eigenvalue weighted by Gasteiger charge is -2.15. The minimum absolute atomic E-state index is 0.144. The van der Waals surface area contributed by atoms with Gasteiger partial charge in [0.1, 0.15) is 5.76 Å². The number of hydrogen-bond donors (Lipinski definition) is 1. The molecular formula is C16H15F3N2O2. The Labute approximate surface area is 130 Å². The highest BCUT2D eigenvalue weighted by atomic mass is 19.4. The molecule has 1 aromatic heterocycles. The van der Waals surface area contributed by atoms with Crippen molar-refractivity contribution in [3.8, 4) is 0 Å². The molecule has 122 valence electrons. The summed E-state index contributed by atoms with van der Waals surface area (Å²) in [7, 11) is 0. The van der Waals surface area contributed by atoms with Gasteiger partial charge in [0.2, 0.25) is 0 Å². The van der Waals surface area contributed by atoms with E-state index in [2.05, 4.69) is 10.5 Å². The predicted molar refractivity (Wildman–Crippen MR) is 75.8 cm³/mol. The molecule has 3 rings (SSSR count). The van der Waals surface area contributed by atoms with Gasteiger partial charge in [0.05, 0.1) is 11.6 Å². The molecule has 1 atom stereocenters. The van der Waals surface area contributed by atoms with Gasteiger partial charge in [0.15, 0.2) is 5.69 Å². The van der Waals surface area contributed by atoms with Crippen molar-refractivity contribution in [2.24, 2.45) is 0 Å². The second-order valence-corrected chi connectivity index (χ2v) is 5.71. The fourth-order valence-electron chi connectivity index (χ4n) is 2.29.